The third kappa shape index (κ3) is 3.07. The van der Waals surface area contributed by atoms with Crippen molar-refractivity contribution < 1.29 is 4.79 Å². The third-order valence-corrected chi connectivity index (χ3v) is 4.16. The molecule has 8 heteroatoms. The van der Waals surface area contributed by atoms with Crippen LogP contribution in [0.1, 0.15) is 10.4 Å². The number of thiophene rings is 1. The molecule has 106 valence electrons. The first kappa shape index (κ1) is 14.1. The van der Waals surface area contributed by atoms with Crippen molar-refractivity contribution in [2.75, 3.05) is 5.32 Å². The summed E-state index contributed by atoms with van der Waals surface area (Å²) in [5.74, 6) is 0.391. The van der Waals surface area contributed by atoms with E-state index >= 15 is 0 Å². The Morgan fingerprint density at radius 3 is 2.76 bits per heavy atom. The van der Waals surface area contributed by atoms with Crippen LogP contribution in [-0.2, 0) is 0 Å². The molecule has 0 radical (unpaired) electrons. The minimum absolute atomic E-state index is 0.319. The van der Waals surface area contributed by atoms with E-state index in [9.17, 15) is 4.79 Å². The Hall–Kier alpha value is -1.89. The van der Waals surface area contributed by atoms with Gasteiger partial charge in [0.05, 0.1) is 21.8 Å². The molecule has 3 rings (SSSR count). The van der Waals surface area contributed by atoms with E-state index in [1.54, 1.807) is 41.6 Å². The highest BCUT2D eigenvalue weighted by molar-refractivity contribution is 7.20. The predicted molar refractivity (Wildman–Crippen MR) is 83.7 cm³/mol. The molecule has 0 aliphatic rings. The lowest BCUT2D eigenvalue weighted by molar-refractivity contribution is 0.102. The molecule has 5 nitrogen and oxygen atoms in total. The molecule has 0 aliphatic heterocycles. The van der Waals surface area contributed by atoms with E-state index in [1.165, 1.54) is 6.07 Å². The van der Waals surface area contributed by atoms with Gasteiger partial charge in [-0.15, -0.1) is 11.3 Å². The number of anilines is 1. The van der Waals surface area contributed by atoms with Crippen molar-refractivity contribution in [2.45, 2.75) is 0 Å². The predicted octanol–water partition coefficient (Wildman–Crippen LogP) is 3.89. The van der Waals surface area contributed by atoms with Crippen molar-refractivity contribution in [3.63, 3.8) is 0 Å². The van der Waals surface area contributed by atoms with Gasteiger partial charge in [0.25, 0.3) is 5.91 Å². The van der Waals surface area contributed by atoms with E-state index in [-0.39, 0.29) is 5.91 Å². The minimum atomic E-state index is -0.319. The van der Waals surface area contributed by atoms with Gasteiger partial charge in [-0.1, -0.05) is 23.2 Å². The van der Waals surface area contributed by atoms with Crippen LogP contribution in [0.2, 0.25) is 8.67 Å². The second kappa shape index (κ2) is 5.85. The van der Waals surface area contributed by atoms with E-state index in [0.29, 0.717) is 25.7 Å². The molecule has 0 aliphatic carbocycles. The summed E-state index contributed by atoms with van der Waals surface area (Å²) in [7, 11) is 0. The number of nitrogens with zero attached hydrogens (tertiary/aromatic N) is 3. The summed E-state index contributed by atoms with van der Waals surface area (Å²) in [6.07, 6.45) is 6.66. The van der Waals surface area contributed by atoms with Gasteiger partial charge in [-0.2, -0.15) is 0 Å². The standard InChI is InChI=1S/C13H8Cl2N4OS/c14-10-5-9(12(15)21-10)13(20)18-8-1-2-11(17-6-8)19-4-3-16-7-19/h1-7H,(H,18,20). The van der Waals surface area contributed by atoms with Crippen molar-refractivity contribution in [3.05, 3.63) is 57.4 Å². The molecule has 21 heavy (non-hydrogen) atoms. The summed E-state index contributed by atoms with van der Waals surface area (Å²) in [6.45, 7) is 0. The summed E-state index contributed by atoms with van der Waals surface area (Å²) in [4.78, 5) is 20.3. The van der Waals surface area contributed by atoms with Gasteiger partial charge < -0.3 is 5.32 Å². The Morgan fingerprint density at radius 2 is 2.19 bits per heavy atom. The zero-order valence-electron chi connectivity index (χ0n) is 10.5. The number of nitrogens with one attached hydrogen (secondary N) is 1. The SMILES string of the molecule is O=C(Nc1ccc(-n2ccnc2)nc1)c1cc(Cl)sc1Cl. The van der Waals surface area contributed by atoms with Crippen LogP contribution >= 0.6 is 34.5 Å². The number of imidazole rings is 1. The highest BCUT2D eigenvalue weighted by atomic mass is 35.5. The molecule has 1 amide bonds. The average Bonchev–Trinajstić information content (AvgIpc) is 3.09. The first-order valence-corrected chi connectivity index (χ1v) is 7.41. The van der Waals surface area contributed by atoms with Crippen LogP contribution in [0.5, 0.6) is 0 Å². The van der Waals surface area contributed by atoms with Gasteiger partial charge in [0.15, 0.2) is 0 Å². The highest BCUT2D eigenvalue weighted by Gasteiger charge is 2.14. The van der Waals surface area contributed by atoms with Crippen LogP contribution in [-0.4, -0.2) is 20.4 Å². The van der Waals surface area contributed by atoms with Crippen LogP contribution in [0.3, 0.4) is 0 Å². The van der Waals surface area contributed by atoms with Crippen molar-refractivity contribution in [1.29, 1.82) is 0 Å². The Bertz CT molecular complexity index is 768. The molecular weight excluding hydrogens is 331 g/mol. The summed E-state index contributed by atoms with van der Waals surface area (Å²) < 4.78 is 2.60. The number of carbonyl (C=O) groups is 1. The fourth-order valence-corrected chi connectivity index (χ4v) is 3.16. The number of amides is 1. The van der Waals surface area contributed by atoms with Crippen LogP contribution < -0.4 is 5.32 Å². The minimum Gasteiger partial charge on any atom is -0.321 e. The molecule has 1 N–H and O–H groups in total. The van der Waals surface area contributed by atoms with E-state index in [4.69, 9.17) is 23.2 Å². The van der Waals surface area contributed by atoms with Crippen molar-refractivity contribution in [2.24, 2.45) is 0 Å². The summed E-state index contributed by atoms with van der Waals surface area (Å²) in [5, 5.41) is 2.72. The van der Waals surface area contributed by atoms with Gasteiger partial charge in [-0.25, -0.2) is 9.97 Å². The average molecular weight is 339 g/mol. The van der Waals surface area contributed by atoms with E-state index in [2.05, 4.69) is 15.3 Å². The van der Waals surface area contributed by atoms with Crippen molar-refractivity contribution in [1.82, 2.24) is 14.5 Å². The molecule has 0 fully saturated rings. The van der Waals surface area contributed by atoms with Crippen LogP contribution in [0, 0.1) is 0 Å². The monoisotopic (exact) mass is 338 g/mol. The second-order valence-electron chi connectivity index (χ2n) is 4.07. The summed E-state index contributed by atoms with van der Waals surface area (Å²) in [6, 6.07) is 5.07. The zero-order chi connectivity index (χ0) is 14.8. The van der Waals surface area contributed by atoms with Crippen molar-refractivity contribution >= 4 is 46.1 Å². The number of aromatic nitrogens is 3. The normalized spacial score (nSPS) is 10.6. The fraction of sp³-hybridized carbons (Fsp3) is 0. The third-order valence-electron chi connectivity index (χ3n) is 2.68. The lowest BCUT2D eigenvalue weighted by atomic mass is 10.3. The maximum atomic E-state index is 12.1. The topological polar surface area (TPSA) is 59.8 Å². The van der Waals surface area contributed by atoms with Gasteiger partial charge in [0.1, 0.15) is 16.5 Å². The quantitative estimate of drug-likeness (QED) is 0.788. The molecule has 3 heterocycles. The van der Waals surface area contributed by atoms with Gasteiger partial charge in [0, 0.05) is 12.4 Å². The lowest BCUT2D eigenvalue weighted by Gasteiger charge is -2.05. The van der Waals surface area contributed by atoms with Crippen LogP contribution in [0.15, 0.2) is 43.1 Å². The smallest absolute Gasteiger partial charge is 0.258 e. The number of rotatable bonds is 3. The van der Waals surface area contributed by atoms with E-state index < -0.39 is 0 Å². The molecule has 0 atom stereocenters. The molecule has 0 spiro atoms. The molecule has 0 aromatic carbocycles. The Kier molecular flexibility index (Phi) is 3.92. The Morgan fingerprint density at radius 1 is 1.33 bits per heavy atom. The highest BCUT2D eigenvalue weighted by Crippen LogP contribution is 2.31. The van der Waals surface area contributed by atoms with Crippen LogP contribution in [0.4, 0.5) is 5.69 Å². The Labute approximate surface area is 134 Å². The maximum absolute atomic E-state index is 12.1. The summed E-state index contributed by atoms with van der Waals surface area (Å²) in [5.41, 5.74) is 0.924. The Balaban J connectivity index is 1.76. The van der Waals surface area contributed by atoms with Gasteiger partial charge in [-0.05, 0) is 18.2 Å². The first-order valence-electron chi connectivity index (χ1n) is 5.84. The number of carbonyl (C=O) groups excluding carboxylic acids is 1. The molecule has 0 bridgehead atoms. The van der Waals surface area contributed by atoms with E-state index in [1.807, 2.05) is 0 Å². The summed E-state index contributed by atoms with van der Waals surface area (Å²) >= 11 is 12.9. The second-order valence-corrected chi connectivity index (χ2v) is 6.35. The van der Waals surface area contributed by atoms with Gasteiger partial charge in [0.2, 0.25) is 0 Å². The largest absolute Gasteiger partial charge is 0.321 e. The molecule has 0 saturated heterocycles. The molecular formula is C13H8Cl2N4OS. The zero-order valence-corrected chi connectivity index (χ0v) is 12.8. The van der Waals surface area contributed by atoms with Crippen molar-refractivity contribution in [3.8, 4) is 5.82 Å². The van der Waals surface area contributed by atoms with Gasteiger partial charge >= 0.3 is 0 Å². The number of halogens is 2. The van der Waals surface area contributed by atoms with E-state index in [0.717, 1.165) is 11.3 Å². The molecule has 3 aromatic heterocycles. The lowest BCUT2D eigenvalue weighted by Crippen LogP contribution is -2.11. The molecule has 3 aromatic rings. The first-order chi connectivity index (χ1) is 10.1. The number of hydrogen-bond donors (Lipinski definition) is 1. The molecule has 0 unspecified atom stereocenters. The fourth-order valence-electron chi connectivity index (χ4n) is 1.70. The van der Waals surface area contributed by atoms with Gasteiger partial charge in [-0.3, -0.25) is 9.36 Å². The number of pyridine rings is 1. The molecule has 0 saturated carbocycles. The van der Waals surface area contributed by atoms with Crippen LogP contribution in [0.25, 0.3) is 5.82 Å². The number of hydrogen-bond acceptors (Lipinski definition) is 4. The maximum Gasteiger partial charge on any atom is 0.258 e.